The largest absolute Gasteiger partial charge is 0.356 e. The molecule has 1 fully saturated rings. The standard InChI is InChI=1S/C25H24N6O2/c32-25(29-20-7-5-13-26-17-20)28-19-9-11-21-22(12-10-18-6-1-3-14-27-18)30-31(23(21)16-19)24-8-2-4-15-33-24/h1,3,5-7,9-14,16-17,24H,2,4,8,15H2,(H2,28,29,32)/b12-10+. The maximum absolute atomic E-state index is 12.5. The van der Waals surface area contributed by atoms with E-state index in [-0.39, 0.29) is 12.3 Å². The zero-order valence-corrected chi connectivity index (χ0v) is 18.0. The van der Waals surface area contributed by atoms with Crippen molar-refractivity contribution in [2.75, 3.05) is 17.2 Å². The molecule has 0 spiro atoms. The van der Waals surface area contributed by atoms with Gasteiger partial charge >= 0.3 is 6.03 Å². The lowest BCUT2D eigenvalue weighted by molar-refractivity contribution is -0.0367. The number of aromatic nitrogens is 4. The van der Waals surface area contributed by atoms with E-state index in [0.29, 0.717) is 11.4 Å². The maximum atomic E-state index is 12.5. The number of nitrogens with zero attached hydrogens (tertiary/aromatic N) is 4. The van der Waals surface area contributed by atoms with E-state index in [1.807, 2.05) is 53.2 Å². The Hall–Kier alpha value is -4.04. The molecule has 3 aromatic heterocycles. The lowest BCUT2D eigenvalue weighted by atomic mass is 10.1. The summed E-state index contributed by atoms with van der Waals surface area (Å²) in [5.41, 5.74) is 3.89. The molecular weight excluding hydrogens is 416 g/mol. The number of carbonyl (C=O) groups excluding carboxylic acids is 1. The molecule has 5 rings (SSSR count). The molecule has 2 N–H and O–H groups in total. The van der Waals surface area contributed by atoms with Crippen LogP contribution in [0.3, 0.4) is 0 Å². The minimum absolute atomic E-state index is 0.127. The van der Waals surface area contributed by atoms with E-state index >= 15 is 0 Å². The summed E-state index contributed by atoms with van der Waals surface area (Å²) in [4.78, 5) is 20.8. The molecular formula is C25H24N6O2. The monoisotopic (exact) mass is 440 g/mol. The molecule has 0 bridgehead atoms. The average Bonchev–Trinajstić information content (AvgIpc) is 3.22. The Labute approximate surface area is 191 Å². The van der Waals surface area contributed by atoms with Crippen molar-refractivity contribution in [1.82, 2.24) is 19.7 Å². The molecule has 8 nitrogen and oxygen atoms in total. The molecule has 0 aliphatic carbocycles. The molecule has 1 aliphatic rings. The third-order valence-electron chi connectivity index (χ3n) is 5.44. The van der Waals surface area contributed by atoms with E-state index in [9.17, 15) is 4.79 Å². The van der Waals surface area contributed by atoms with Crippen molar-refractivity contribution < 1.29 is 9.53 Å². The third-order valence-corrected chi connectivity index (χ3v) is 5.44. The van der Waals surface area contributed by atoms with Crippen LogP contribution in [0.1, 0.15) is 36.9 Å². The third kappa shape index (κ3) is 4.91. The first kappa shape index (κ1) is 20.8. The zero-order valence-electron chi connectivity index (χ0n) is 18.0. The Morgan fingerprint density at radius 3 is 2.76 bits per heavy atom. The number of pyridine rings is 2. The highest BCUT2D eigenvalue weighted by atomic mass is 16.5. The normalized spacial score (nSPS) is 16.2. The van der Waals surface area contributed by atoms with Gasteiger partial charge in [-0.15, -0.1) is 0 Å². The van der Waals surface area contributed by atoms with E-state index in [0.717, 1.165) is 48.2 Å². The van der Waals surface area contributed by atoms with Crippen molar-refractivity contribution in [3.8, 4) is 0 Å². The molecule has 8 heteroatoms. The van der Waals surface area contributed by atoms with Gasteiger partial charge in [0.1, 0.15) is 0 Å². The molecule has 0 saturated carbocycles. The van der Waals surface area contributed by atoms with Gasteiger partial charge in [0.15, 0.2) is 6.23 Å². The van der Waals surface area contributed by atoms with Gasteiger partial charge in [-0.25, -0.2) is 9.48 Å². The highest BCUT2D eigenvalue weighted by molar-refractivity contribution is 6.01. The number of ether oxygens (including phenoxy) is 1. The minimum Gasteiger partial charge on any atom is -0.356 e. The van der Waals surface area contributed by atoms with Gasteiger partial charge in [-0.05, 0) is 73.9 Å². The fraction of sp³-hybridized carbons (Fsp3) is 0.200. The lowest BCUT2D eigenvalue weighted by Crippen LogP contribution is -2.20. The van der Waals surface area contributed by atoms with E-state index in [2.05, 4.69) is 20.6 Å². The number of carbonyl (C=O) groups is 1. The molecule has 1 saturated heterocycles. The predicted molar refractivity (Wildman–Crippen MR) is 129 cm³/mol. The van der Waals surface area contributed by atoms with Crippen molar-refractivity contribution in [2.24, 2.45) is 0 Å². The SMILES string of the molecule is O=C(Nc1cccnc1)Nc1ccc2c(/C=C/c3ccccn3)nn(C3CCCCO3)c2c1. The van der Waals surface area contributed by atoms with Crippen LogP contribution in [0.15, 0.2) is 67.1 Å². The lowest BCUT2D eigenvalue weighted by Gasteiger charge is -2.23. The van der Waals surface area contributed by atoms with Gasteiger partial charge in [-0.1, -0.05) is 6.07 Å². The molecule has 166 valence electrons. The van der Waals surface area contributed by atoms with Crippen LogP contribution in [0, 0.1) is 0 Å². The number of amides is 2. The van der Waals surface area contributed by atoms with Gasteiger partial charge in [-0.2, -0.15) is 5.10 Å². The fourth-order valence-electron chi connectivity index (χ4n) is 3.87. The summed E-state index contributed by atoms with van der Waals surface area (Å²) in [5, 5.41) is 11.5. The van der Waals surface area contributed by atoms with Crippen LogP contribution in [0.5, 0.6) is 0 Å². The molecule has 2 amide bonds. The number of fused-ring (bicyclic) bond motifs is 1. The highest BCUT2D eigenvalue weighted by Gasteiger charge is 2.21. The van der Waals surface area contributed by atoms with Gasteiger partial charge < -0.3 is 15.4 Å². The smallest absolute Gasteiger partial charge is 0.323 e. The summed E-state index contributed by atoms with van der Waals surface area (Å²) in [7, 11) is 0. The van der Waals surface area contributed by atoms with Crippen LogP contribution in [0.25, 0.3) is 23.1 Å². The van der Waals surface area contributed by atoms with Crippen LogP contribution < -0.4 is 10.6 Å². The van der Waals surface area contributed by atoms with Crippen LogP contribution in [-0.2, 0) is 4.74 Å². The predicted octanol–water partition coefficient (Wildman–Crippen LogP) is 5.34. The van der Waals surface area contributed by atoms with Crippen LogP contribution in [0.2, 0.25) is 0 Å². The summed E-state index contributed by atoms with van der Waals surface area (Å²) in [6, 6.07) is 14.8. The first-order valence-corrected chi connectivity index (χ1v) is 11.0. The zero-order chi connectivity index (χ0) is 22.5. The summed E-state index contributed by atoms with van der Waals surface area (Å²) in [5.74, 6) is 0. The first-order valence-electron chi connectivity index (χ1n) is 11.0. The summed E-state index contributed by atoms with van der Waals surface area (Å²) in [6.07, 6.45) is 11.9. The average molecular weight is 441 g/mol. The number of benzene rings is 1. The molecule has 4 heterocycles. The molecule has 33 heavy (non-hydrogen) atoms. The van der Waals surface area contributed by atoms with Crippen molar-refractivity contribution in [1.29, 1.82) is 0 Å². The Kier molecular flexibility index (Phi) is 6.08. The van der Waals surface area contributed by atoms with Crippen molar-refractivity contribution in [3.63, 3.8) is 0 Å². The highest BCUT2D eigenvalue weighted by Crippen LogP contribution is 2.30. The minimum atomic E-state index is -0.336. The fourth-order valence-corrected chi connectivity index (χ4v) is 3.87. The van der Waals surface area contributed by atoms with Gasteiger partial charge in [0.05, 0.1) is 28.8 Å². The molecule has 1 aliphatic heterocycles. The van der Waals surface area contributed by atoms with E-state index < -0.39 is 0 Å². The maximum Gasteiger partial charge on any atom is 0.323 e. The van der Waals surface area contributed by atoms with Gasteiger partial charge in [-0.3, -0.25) is 9.97 Å². The van der Waals surface area contributed by atoms with Crippen LogP contribution in [0.4, 0.5) is 16.2 Å². The molecule has 1 aromatic carbocycles. The van der Waals surface area contributed by atoms with Gasteiger partial charge in [0.2, 0.25) is 0 Å². The van der Waals surface area contributed by atoms with Gasteiger partial charge in [0.25, 0.3) is 0 Å². The summed E-state index contributed by atoms with van der Waals surface area (Å²) < 4.78 is 7.93. The Bertz CT molecular complexity index is 1260. The van der Waals surface area contributed by atoms with Crippen LogP contribution >= 0.6 is 0 Å². The molecule has 0 radical (unpaired) electrons. The second kappa shape index (κ2) is 9.62. The van der Waals surface area contributed by atoms with Crippen molar-refractivity contribution in [2.45, 2.75) is 25.5 Å². The Morgan fingerprint density at radius 2 is 1.97 bits per heavy atom. The van der Waals surface area contributed by atoms with Crippen LogP contribution in [-0.4, -0.2) is 32.4 Å². The molecule has 1 atom stereocenters. The Balaban J connectivity index is 1.45. The number of hydrogen-bond acceptors (Lipinski definition) is 5. The second-order valence-electron chi connectivity index (χ2n) is 7.79. The quantitative estimate of drug-likeness (QED) is 0.437. The van der Waals surface area contributed by atoms with Gasteiger partial charge in [0, 0.05) is 30.1 Å². The van der Waals surface area contributed by atoms with E-state index in [1.54, 1.807) is 30.7 Å². The topological polar surface area (TPSA) is 94.0 Å². The van der Waals surface area contributed by atoms with Crippen molar-refractivity contribution in [3.05, 3.63) is 78.5 Å². The molecule has 1 unspecified atom stereocenters. The summed E-state index contributed by atoms with van der Waals surface area (Å²) >= 11 is 0. The number of rotatable bonds is 5. The first-order chi connectivity index (χ1) is 16.3. The van der Waals surface area contributed by atoms with E-state index in [1.165, 1.54) is 0 Å². The number of nitrogens with one attached hydrogen (secondary N) is 2. The summed E-state index contributed by atoms with van der Waals surface area (Å²) in [6.45, 7) is 0.719. The second-order valence-corrected chi connectivity index (χ2v) is 7.79. The molecule has 4 aromatic rings. The van der Waals surface area contributed by atoms with E-state index in [4.69, 9.17) is 9.84 Å². The number of anilines is 2. The number of urea groups is 1. The van der Waals surface area contributed by atoms with Crippen molar-refractivity contribution >= 4 is 40.5 Å². The Morgan fingerprint density at radius 1 is 1.03 bits per heavy atom. The number of hydrogen-bond donors (Lipinski definition) is 2.